The molecule has 0 aromatic rings. The second kappa shape index (κ2) is 53.8. The van der Waals surface area contributed by atoms with Gasteiger partial charge in [-0.25, -0.2) is 0 Å². The van der Waals surface area contributed by atoms with E-state index in [0.29, 0.717) is 19.3 Å². The smallest absolute Gasteiger partial charge is 0.306 e. The number of carbonyl (C=O) groups is 3. The van der Waals surface area contributed by atoms with Crippen LogP contribution in [0.4, 0.5) is 0 Å². The second-order valence-corrected chi connectivity index (χ2v) is 19.6. The van der Waals surface area contributed by atoms with Crippen LogP contribution in [0.2, 0.25) is 0 Å². The Morgan fingerprint density at radius 1 is 0.297 bits per heavy atom. The van der Waals surface area contributed by atoms with Crippen LogP contribution in [-0.2, 0) is 28.6 Å². The first-order chi connectivity index (χ1) is 31.5. The van der Waals surface area contributed by atoms with E-state index >= 15 is 0 Å². The maximum Gasteiger partial charge on any atom is 0.306 e. The molecule has 0 heterocycles. The van der Waals surface area contributed by atoms with Gasteiger partial charge in [0.1, 0.15) is 13.2 Å². The molecule has 0 aromatic heterocycles. The van der Waals surface area contributed by atoms with Crippen LogP contribution in [-0.4, -0.2) is 37.2 Å². The second-order valence-electron chi connectivity index (χ2n) is 19.6. The van der Waals surface area contributed by atoms with Gasteiger partial charge in [-0.15, -0.1) is 0 Å². The first-order valence-corrected chi connectivity index (χ1v) is 28.7. The molecule has 0 fully saturated rings. The molecule has 0 aliphatic rings. The van der Waals surface area contributed by atoms with E-state index in [9.17, 15) is 14.4 Å². The summed E-state index contributed by atoms with van der Waals surface area (Å²) >= 11 is 0. The Morgan fingerprint density at radius 2 is 0.516 bits per heavy atom. The molecule has 0 aliphatic carbocycles. The van der Waals surface area contributed by atoms with Crippen LogP contribution in [0.1, 0.15) is 323 Å². The molecule has 64 heavy (non-hydrogen) atoms. The number of rotatable bonds is 53. The summed E-state index contributed by atoms with van der Waals surface area (Å²) in [5.74, 6) is -0.851. The molecule has 0 saturated heterocycles. The van der Waals surface area contributed by atoms with Crippen molar-refractivity contribution in [1.82, 2.24) is 0 Å². The van der Waals surface area contributed by atoms with Gasteiger partial charge >= 0.3 is 17.9 Å². The Kier molecular flexibility index (Phi) is 52.2. The minimum atomic E-state index is -0.767. The zero-order chi connectivity index (χ0) is 46.5. The van der Waals surface area contributed by atoms with Gasteiger partial charge in [0.2, 0.25) is 0 Å². The molecule has 0 saturated carbocycles. The summed E-state index contributed by atoms with van der Waals surface area (Å²) in [5, 5.41) is 0. The van der Waals surface area contributed by atoms with Crippen LogP contribution < -0.4 is 0 Å². The Balaban J connectivity index is 4.31. The summed E-state index contributed by atoms with van der Waals surface area (Å²) in [6.07, 6.45) is 60.5. The number of allylic oxidation sites excluding steroid dienone is 2. The predicted octanol–water partition coefficient (Wildman–Crippen LogP) is 18.9. The van der Waals surface area contributed by atoms with Gasteiger partial charge in [0, 0.05) is 19.3 Å². The highest BCUT2D eigenvalue weighted by molar-refractivity contribution is 5.71. The van der Waals surface area contributed by atoms with Crippen molar-refractivity contribution in [2.45, 2.75) is 329 Å². The van der Waals surface area contributed by atoms with Crippen LogP contribution in [0.5, 0.6) is 0 Å². The van der Waals surface area contributed by atoms with E-state index < -0.39 is 6.10 Å². The number of esters is 3. The number of hydrogen-bond acceptors (Lipinski definition) is 6. The standard InChI is InChI=1S/C58H110O6/c1-4-7-10-13-16-19-22-25-28-29-31-33-36-39-42-45-48-51-57(60)63-54-55(53-62-56(59)50-47-44-41-38-35-32-27-24-21-18-15-12-9-6-3)64-58(61)52-49-46-43-40-37-34-30-26-23-20-17-14-11-8-5-2/h24,27,55H,4-23,25-26,28-54H2,1-3H3/b27-24-/t55-/m1/s1. The van der Waals surface area contributed by atoms with Crippen LogP contribution >= 0.6 is 0 Å². The molecule has 378 valence electrons. The summed E-state index contributed by atoms with van der Waals surface area (Å²) < 4.78 is 16.9. The fourth-order valence-corrected chi connectivity index (χ4v) is 8.68. The largest absolute Gasteiger partial charge is 0.462 e. The van der Waals surface area contributed by atoms with Gasteiger partial charge in [0.15, 0.2) is 6.10 Å². The predicted molar refractivity (Wildman–Crippen MR) is 275 cm³/mol. The minimum absolute atomic E-state index is 0.0665. The molecule has 0 radical (unpaired) electrons. The van der Waals surface area contributed by atoms with Gasteiger partial charge in [0.05, 0.1) is 0 Å². The number of hydrogen-bond donors (Lipinski definition) is 0. The van der Waals surface area contributed by atoms with Gasteiger partial charge in [0.25, 0.3) is 0 Å². The highest BCUT2D eigenvalue weighted by atomic mass is 16.6. The maximum atomic E-state index is 12.8. The first kappa shape index (κ1) is 62.1. The van der Waals surface area contributed by atoms with Gasteiger partial charge in [-0.3, -0.25) is 14.4 Å². The molecule has 0 N–H and O–H groups in total. The van der Waals surface area contributed by atoms with Crippen molar-refractivity contribution >= 4 is 17.9 Å². The summed E-state index contributed by atoms with van der Waals surface area (Å²) in [6, 6.07) is 0. The molecule has 0 aliphatic heterocycles. The Labute approximate surface area is 399 Å². The topological polar surface area (TPSA) is 78.9 Å². The average molecular weight is 904 g/mol. The van der Waals surface area contributed by atoms with Crippen molar-refractivity contribution in [3.05, 3.63) is 12.2 Å². The van der Waals surface area contributed by atoms with Gasteiger partial charge in [-0.1, -0.05) is 270 Å². The number of ether oxygens (including phenoxy) is 3. The normalized spacial score (nSPS) is 12.0. The maximum absolute atomic E-state index is 12.8. The third-order valence-corrected chi connectivity index (χ3v) is 13.0. The van der Waals surface area contributed by atoms with Crippen molar-refractivity contribution in [2.24, 2.45) is 0 Å². The van der Waals surface area contributed by atoms with Crippen LogP contribution in [0.15, 0.2) is 12.2 Å². The summed E-state index contributed by atoms with van der Waals surface area (Å²) in [6.45, 7) is 6.68. The lowest BCUT2D eigenvalue weighted by Crippen LogP contribution is -2.30. The summed E-state index contributed by atoms with van der Waals surface area (Å²) in [7, 11) is 0. The third kappa shape index (κ3) is 51.1. The zero-order valence-corrected chi connectivity index (χ0v) is 43.3. The van der Waals surface area contributed by atoms with E-state index in [-0.39, 0.29) is 31.1 Å². The summed E-state index contributed by atoms with van der Waals surface area (Å²) in [4.78, 5) is 38.1. The Hall–Kier alpha value is -1.85. The lowest BCUT2D eigenvalue weighted by Gasteiger charge is -2.18. The highest BCUT2D eigenvalue weighted by Crippen LogP contribution is 2.17. The molecule has 0 spiro atoms. The monoisotopic (exact) mass is 903 g/mol. The number of carbonyl (C=O) groups excluding carboxylic acids is 3. The fraction of sp³-hybridized carbons (Fsp3) is 0.914. The molecule has 0 rings (SSSR count). The molecule has 0 bridgehead atoms. The van der Waals surface area contributed by atoms with Crippen molar-refractivity contribution in [3.63, 3.8) is 0 Å². The van der Waals surface area contributed by atoms with E-state index in [1.807, 2.05) is 0 Å². The number of unbranched alkanes of at least 4 members (excludes halogenated alkanes) is 40. The molecular weight excluding hydrogens is 793 g/mol. The summed E-state index contributed by atoms with van der Waals surface area (Å²) in [5.41, 5.74) is 0. The fourth-order valence-electron chi connectivity index (χ4n) is 8.68. The minimum Gasteiger partial charge on any atom is -0.462 e. The van der Waals surface area contributed by atoms with E-state index in [2.05, 4.69) is 32.9 Å². The van der Waals surface area contributed by atoms with Crippen molar-refractivity contribution in [2.75, 3.05) is 13.2 Å². The third-order valence-electron chi connectivity index (χ3n) is 13.0. The van der Waals surface area contributed by atoms with Crippen molar-refractivity contribution < 1.29 is 28.6 Å². The van der Waals surface area contributed by atoms with Crippen molar-refractivity contribution in [3.8, 4) is 0 Å². The molecule has 6 heteroatoms. The molecule has 6 nitrogen and oxygen atoms in total. The Bertz CT molecular complexity index is 993. The van der Waals surface area contributed by atoms with Crippen LogP contribution in [0, 0.1) is 0 Å². The van der Waals surface area contributed by atoms with Crippen molar-refractivity contribution in [1.29, 1.82) is 0 Å². The van der Waals surface area contributed by atoms with E-state index in [1.54, 1.807) is 0 Å². The average Bonchev–Trinajstić information content (AvgIpc) is 3.29. The highest BCUT2D eigenvalue weighted by Gasteiger charge is 2.19. The molecular formula is C58H110O6. The SMILES string of the molecule is CCCCCCC/C=C\CCCCCCCC(=O)OC[C@H](COC(=O)CCCCCCCCCCCCCCCCCCC)OC(=O)CCCCCCCCCCCCCCCCC. The zero-order valence-electron chi connectivity index (χ0n) is 43.3. The molecule has 0 amide bonds. The molecule has 1 atom stereocenters. The lowest BCUT2D eigenvalue weighted by molar-refractivity contribution is -0.167. The van der Waals surface area contributed by atoms with Crippen LogP contribution in [0.3, 0.4) is 0 Å². The van der Waals surface area contributed by atoms with Crippen LogP contribution in [0.25, 0.3) is 0 Å². The quantitative estimate of drug-likeness (QED) is 0.0262. The molecule has 0 aromatic carbocycles. The van der Waals surface area contributed by atoms with E-state index in [0.717, 1.165) is 64.2 Å². The lowest BCUT2D eigenvalue weighted by atomic mass is 10.0. The van der Waals surface area contributed by atoms with E-state index in [1.165, 1.54) is 218 Å². The Morgan fingerprint density at radius 3 is 0.781 bits per heavy atom. The molecule has 0 unspecified atom stereocenters. The first-order valence-electron chi connectivity index (χ1n) is 28.7. The van der Waals surface area contributed by atoms with E-state index in [4.69, 9.17) is 14.2 Å². The van der Waals surface area contributed by atoms with Gasteiger partial charge in [-0.05, 0) is 44.9 Å². The van der Waals surface area contributed by atoms with Gasteiger partial charge < -0.3 is 14.2 Å². The van der Waals surface area contributed by atoms with Gasteiger partial charge in [-0.2, -0.15) is 0 Å².